The van der Waals surface area contributed by atoms with E-state index in [9.17, 15) is 0 Å². The molecule has 2 aliphatic rings. The van der Waals surface area contributed by atoms with Gasteiger partial charge in [0, 0.05) is 17.0 Å². The average Bonchev–Trinajstić information content (AvgIpc) is 3.46. The molecule has 0 saturated heterocycles. The van der Waals surface area contributed by atoms with E-state index in [-0.39, 0.29) is 5.41 Å². The molecule has 2 heteroatoms. The van der Waals surface area contributed by atoms with Gasteiger partial charge in [0.05, 0.1) is 10.9 Å². The van der Waals surface area contributed by atoms with Crippen LogP contribution in [0.2, 0.25) is 0 Å². The van der Waals surface area contributed by atoms with Crippen molar-refractivity contribution in [3.8, 4) is 22.8 Å². The van der Waals surface area contributed by atoms with Crippen molar-refractivity contribution in [3.05, 3.63) is 77.0 Å². The fraction of sp³-hybridized carbons (Fsp3) is 0.410. The first-order valence-electron chi connectivity index (χ1n) is 15.7. The number of fused-ring (bicyclic) bond motifs is 5. The quantitative estimate of drug-likeness (QED) is 0.159. The van der Waals surface area contributed by atoms with Crippen LogP contribution in [0.25, 0.3) is 43.6 Å². The Labute approximate surface area is 245 Å². The molecule has 41 heavy (non-hydrogen) atoms. The summed E-state index contributed by atoms with van der Waals surface area (Å²) in [7, 11) is 2.20. The fourth-order valence-electron chi connectivity index (χ4n) is 7.73. The summed E-state index contributed by atoms with van der Waals surface area (Å²) in [4.78, 5) is 0. The van der Waals surface area contributed by atoms with Crippen LogP contribution < -0.4 is 9.30 Å². The third-order valence-corrected chi connectivity index (χ3v) is 9.54. The van der Waals surface area contributed by atoms with Gasteiger partial charge in [0.2, 0.25) is 5.69 Å². The van der Waals surface area contributed by atoms with Crippen molar-refractivity contribution < 1.29 is 9.30 Å². The topological polar surface area (TPSA) is 13.1 Å². The number of pyridine rings is 1. The number of nitrogens with zero attached hydrogens (tertiary/aromatic N) is 1. The van der Waals surface area contributed by atoms with E-state index < -0.39 is 0 Å². The molecule has 1 fully saturated rings. The van der Waals surface area contributed by atoms with Crippen molar-refractivity contribution in [2.24, 2.45) is 18.4 Å². The molecule has 0 unspecified atom stereocenters. The Morgan fingerprint density at radius 1 is 0.902 bits per heavy atom. The second-order valence-corrected chi connectivity index (χ2v) is 14.5. The Bertz CT molecular complexity index is 1850. The van der Waals surface area contributed by atoms with Gasteiger partial charge in [0.1, 0.15) is 18.5 Å². The first-order valence-corrected chi connectivity index (χ1v) is 15.7. The zero-order chi connectivity index (χ0) is 28.6. The molecule has 4 aromatic carbocycles. The predicted octanol–water partition coefficient (Wildman–Crippen LogP) is 10.5. The van der Waals surface area contributed by atoms with Crippen molar-refractivity contribution in [1.29, 1.82) is 0 Å². The van der Waals surface area contributed by atoms with Crippen LogP contribution in [0.4, 0.5) is 0 Å². The van der Waals surface area contributed by atoms with Crippen molar-refractivity contribution in [1.82, 2.24) is 0 Å². The van der Waals surface area contributed by atoms with Gasteiger partial charge in [-0.25, -0.2) is 4.57 Å². The van der Waals surface area contributed by atoms with Gasteiger partial charge < -0.3 is 4.74 Å². The van der Waals surface area contributed by atoms with Gasteiger partial charge >= 0.3 is 0 Å². The van der Waals surface area contributed by atoms with Crippen molar-refractivity contribution in [2.45, 2.75) is 86.0 Å². The van der Waals surface area contributed by atoms with E-state index in [1.165, 1.54) is 91.5 Å². The lowest BCUT2D eigenvalue weighted by molar-refractivity contribution is -0.659. The predicted molar refractivity (Wildman–Crippen MR) is 173 cm³/mol. The van der Waals surface area contributed by atoms with Crippen molar-refractivity contribution >= 4 is 32.3 Å². The van der Waals surface area contributed by atoms with Crippen LogP contribution in [0.3, 0.4) is 0 Å². The van der Waals surface area contributed by atoms with Gasteiger partial charge in [-0.3, -0.25) is 0 Å². The van der Waals surface area contributed by atoms with Crippen LogP contribution in [0, 0.1) is 18.3 Å². The van der Waals surface area contributed by atoms with E-state index in [2.05, 4.69) is 108 Å². The molecule has 1 aromatic heterocycles. The summed E-state index contributed by atoms with van der Waals surface area (Å²) in [5, 5.41) is 7.87. The zero-order valence-electron chi connectivity index (χ0n) is 25.9. The molecular formula is C39H44NO+. The number of hydrogen-bond acceptors (Lipinski definition) is 1. The molecule has 0 N–H and O–H groups in total. The summed E-state index contributed by atoms with van der Waals surface area (Å²) in [6.07, 6.45) is 9.66. The largest absolute Gasteiger partial charge is 0.455 e. The lowest BCUT2D eigenvalue weighted by atomic mass is 9.81. The molecule has 210 valence electrons. The van der Waals surface area contributed by atoms with Gasteiger partial charge in [-0.05, 0) is 94.2 Å². The fourth-order valence-corrected chi connectivity index (χ4v) is 7.73. The smallest absolute Gasteiger partial charge is 0.228 e. The minimum absolute atomic E-state index is 0.129. The molecule has 1 aliphatic heterocycles. The molecule has 0 radical (unpaired) electrons. The average molecular weight is 543 g/mol. The molecule has 1 aliphatic carbocycles. The molecule has 2 nitrogen and oxygen atoms in total. The minimum Gasteiger partial charge on any atom is -0.455 e. The standard InChI is InChI=1S/C39H44NO/c1-23(2)18-25-12-14-30-32(19-25)24(3)35-37-36-31(16-17-40(37)7)29-15-13-27(26-10-8-9-11-26)20-28(29)21-34(36)41-38(35)33(30)22-39(4,5)6/h12-17,19-21,23,26H,8-11,18,22H2,1-7H3/q+1. The minimum atomic E-state index is 0.129. The Kier molecular flexibility index (Phi) is 6.19. The van der Waals surface area contributed by atoms with E-state index in [1.54, 1.807) is 0 Å². The summed E-state index contributed by atoms with van der Waals surface area (Å²) in [5.74, 6) is 3.39. The summed E-state index contributed by atoms with van der Waals surface area (Å²) in [6.45, 7) is 13.9. The molecule has 0 amide bonds. The number of ether oxygens (including phenoxy) is 1. The number of aromatic nitrogens is 1. The SMILES string of the molecule is Cc1c2c(c(CC(C)(C)C)c3ccc(CC(C)C)cc13)Oc1cc3cc(C4CCCC4)ccc3c3cc[n+](C)c-2c13. The van der Waals surface area contributed by atoms with E-state index in [0.29, 0.717) is 11.8 Å². The number of aryl methyl sites for hydroxylation is 2. The summed E-state index contributed by atoms with van der Waals surface area (Å²) in [5.41, 5.74) is 8.25. The van der Waals surface area contributed by atoms with Crippen LogP contribution in [-0.2, 0) is 19.9 Å². The lowest BCUT2D eigenvalue weighted by Gasteiger charge is -2.28. The summed E-state index contributed by atoms with van der Waals surface area (Å²) >= 11 is 0. The third-order valence-electron chi connectivity index (χ3n) is 9.54. The molecule has 0 spiro atoms. The van der Waals surface area contributed by atoms with Crippen molar-refractivity contribution in [2.75, 3.05) is 0 Å². The highest BCUT2D eigenvalue weighted by Crippen LogP contribution is 2.53. The number of hydrogen-bond donors (Lipinski definition) is 0. The molecule has 2 heterocycles. The molecule has 7 rings (SSSR count). The van der Waals surface area contributed by atoms with Gasteiger partial charge in [-0.2, -0.15) is 0 Å². The van der Waals surface area contributed by atoms with Crippen LogP contribution in [0.1, 0.15) is 88.5 Å². The van der Waals surface area contributed by atoms with Crippen LogP contribution in [-0.4, -0.2) is 0 Å². The van der Waals surface area contributed by atoms with E-state index >= 15 is 0 Å². The molecule has 1 saturated carbocycles. The molecule has 0 bridgehead atoms. The highest BCUT2D eigenvalue weighted by atomic mass is 16.5. The van der Waals surface area contributed by atoms with Gasteiger partial charge in [0.15, 0.2) is 6.20 Å². The van der Waals surface area contributed by atoms with Crippen LogP contribution >= 0.6 is 0 Å². The second-order valence-electron chi connectivity index (χ2n) is 14.5. The Morgan fingerprint density at radius 2 is 1.66 bits per heavy atom. The monoisotopic (exact) mass is 542 g/mol. The number of rotatable bonds is 4. The van der Waals surface area contributed by atoms with Crippen molar-refractivity contribution in [3.63, 3.8) is 0 Å². The van der Waals surface area contributed by atoms with Gasteiger partial charge in [-0.15, -0.1) is 0 Å². The molecule has 5 aromatic rings. The maximum atomic E-state index is 7.13. The first-order chi connectivity index (χ1) is 19.6. The van der Waals surface area contributed by atoms with Crippen LogP contribution in [0.15, 0.2) is 54.7 Å². The Hall–Kier alpha value is -3.39. The first kappa shape index (κ1) is 26.5. The van der Waals surface area contributed by atoms with E-state index in [1.807, 2.05) is 0 Å². The Morgan fingerprint density at radius 3 is 2.39 bits per heavy atom. The zero-order valence-corrected chi connectivity index (χ0v) is 25.9. The normalized spacial score (nSPS) is 15.3. The van der Waals surface area contributed by atoms with E-state index in [4.69, 9.17) is 4.74 Å². The third kappa shape index (κ3) is 4.42. The highest BCUT2D eigenvalue weighted by molar-refractivity contribution is 6.16. The Balaban J connectivity index is 1.54. The lowest BCUT2D eigenvalue weighted by Crippen LogP contribution is -2.32. The second kappa shape index (κ2) is 9.58. The summed E-state index contributed by atoms with van der Waals surface area (Å²) < 4.78 is 9.45. The maximum absolute atomic E-state index is 7.13. The number of benzene rings is 4. The van der Waals surface area contributed by atoms with Crippen LogP contribution in [0.5, 0.6) is 11.5 Å². The van der Waals surface area contributed by atoms with Gasteiger partial charge in [0.25, 0.3) is 0 Å². The van der Waals surface area contributed by atoms with Gasteiger partial charge in [-0.1, -0.05) is 83.9 Å². The maximum Gasteiger partial charge on any atom is 0.228 e. The molecular weight excluding hydrogens is 498 g/mol. The van der Waals surface area contributed by atoms with E-state index in [0.717, 1.165) is 24.3 Å². The highest BCUT2D eigenvalue weighted by Gasteiger charge is 2.34. The summed E-state index contributed by atoms with van der Waals surface area (Å²) in [6, 6.07) is 19.0. The molecule has 0 atom stereocenters.